The third kappa shape index (κ3) is 3.85. The van der Waals surface area contributed by atoms with Crippen molar-refractivity contribution in [3.05, 3.63) is 34.3 Å². The minimum Gasteiger partial charge on any atom is -0.307 e. The second kappa shape index (κ2) is 7.09. The van der Waals surface area contributed by atoms with Gasteiger partial charge in [-0.25, -0.2) is 0 Å². The molecule has 20 heavy (non-hydrogen) atoms. The summed E-state index contributed by atoms with van der Waals surface area (Å²) in [6.45, 7) is 9.43. The van der Waals surface area contributed by atoms with Gasteiger partial charge in [0.2, 0.25) is 0 Å². The van der Waals surface area contributed by atoms with Crippen molar-refractivity contribution in [2.24, 2.45) is 17.8 Å². The van der Waals surface area contributed by atoms with Crippen LogP contribution in [0.3, 0.4) is 0 Å². The van der Waals surface area contributed by atoms with E-state index in [-0.39, 0.29) is 0 Å². The number of nitrogens with one attached hydrogen (secondary N) is 1. The van der Waals surface area contributed by atoms with Crippen LogP contribution in [0, 0.1) is 17.8 Å². The van der Waals surface area contributed by atoms with Crippen molar-refractivity contribution in [1.82, 2.24) is 5.32 Å². The van der Waals surface area contributed by atoms with Crippen LogP contribution >= 0.6 is 15.9 Å². The second-order valence-electron chi connectivity index (χ2n) is 6.84. The highest BCUT2D eigenvalue weighted by Gasteiger charge is 2.31. The zero-order chi connectivity index (χ0) is 14.7. The van der Waals surface area contributed by atoms with E-state index < -0.39 is 0 Å². The third-order valence-electron chi connectivity index (χ3n) is 4.86. The maximum Gasteiger partial charge on any atom is 0.0305 e. The lowest BCUT2D eigenvalue weighted by atomic mass is 9.73. The smallest absolute Gasteiger partial charge is 0.0305 e. The monoisotopic (exact) mass is 337 g/mol. The Morgan fingerprint density at radius 3 is 2.50 bits per heavy atom. The second-order valence-corrected chi connectivity index (χ2v) is 7.70. The average Bonchev–Trinajstić information content (AvgIpc) is 2.38. The van der Waals surface area contributed by atoms with Gasteiger partial charge >= 0.3 is 0 Å². The summed E-state index contributed by atoms with van der Waals surface area (Å²) in [5, 5.41) is 3.91. The predicted molar refractivity (Wildman–Crippen MR) is 90.8 cm³/mol. The molecule has 0 radical (unpaired) electrons. The summed E-state index contributed by atoms with van der Waals surface area (Å²) in [5.74, 6) is 2.44. The zero-order valence-electron chi connectivity index (χ0n) is 13.2. The Labute approximate surface area is 132 Å². The molecule has 1 fully saturated rings. The molecular formula is C18H28BrN. The molecule has 4 unspecified atom stereocenters. The molecule has 1 aliphatic rings. The molecule has 0 aromatic heterocycles. The number of halogens is 1. The molecular weight excluding hydrogens is 310 g/mol. The summed E-state index contributed by atoms with van der Waals surface area (Å²) in [7, 11) is 0. The predicted octanol–water partition coefficient (Wildman–Crippen LogP) is 5.56. The Bertz CT molecular complexity index is 429. The molecule has 1 saturated carbocycles. The molecule has 0 aliphatic heterocycles. The van der Waals surface area contributed by atoms with E-state index >= 15 is 0 Å². The fourth-order valence-electron chi connectivity index (χ4n) is 3.63. The van der Waals surface area contributed by atoms with E-state index in [9.17, 15) is 0 Å². The molecule has 1 nitrogen and oxygen atoms in total. The fourth-order valence-corrected chi connectivity index (χ4v) is 4.26. The van der Waals surface area contributed by atoms with Gasteiger partial charge in [-0.3, -0.25) is 0 Å². The van der Waals surface area contributed by atoms with Gasteiger partial charge in [0.05, 0.1) is 0 Å². The van der Waals surface area contributed by atoms with Crippen LogP contribution < -0.4 is 5.32 Å². The van der Waals surface area contributed by atoms with Gasteiger partial charge in [0.25, 0.3) is 0 Å². The minimum atomic E-state index is 0.405. The number of hydrogen-bond acceptors (Lipinski definition) is 1. The van der Waals surface area contributed by atoms with Gasteiger partial charge in [0, 0.05) is 16.6 Å². The number of hydrogen-bond donors (Lipinski definition) is 1. The molecule has 112 valence electrons. The van der Waals surface area contributed by atoms with E-state index in [0.717, 1.165) is 17.8 Å². The molecule has 1 aliphatic carbocycles. The highest BCUT2D eigenvalue weighted by atomic mass is 79.9. The summed E-state index contributed by atoms with van der Waals surface area (Å²) in [5.41, 5.74) is 1.37. The first kappa shape index (κ1) is 16.0. The third-order valence-corrected chi connectivity index (χ3v) is 5.58. The molecule has 0 amide bonds. The first-order valence-corrected chi connectivity index (χ1v) is 8.78. The van der Waals surface area contributed by atoms with Crippen LogP contribution in [0.1, 0.15) is 58.6 Å². The Hall–Kier alpha value is -0.340. The van der Waals surface area contributed by atoms with Crippen molar-refractivity contribution >= 4 is 15.9 Å². The molecule has 2 rings (SSSR count). The summed E-state index contributed by atoms with van der Waals surface area (Å²) >= 11 is 3.68. The van der Waals surface area contributed by atoms with Crippen molar-refractivity contribution in [1.29, 1.82) is 0 Å². The van der Waals surface area contributed by atoms with Crippen LogP contribution in [0.25, 0.3) is 0 Å². The fraction of sp³-hybridized carbons (Fsp3) is 0.667. The van der Waals surface area contributed by atoms with Crippen molar-refractivity contribution in [3.63, 3.8) is 0 Å². The number of rotatable bonds is 4. The highest BCUT2D eigenvalue weighted by Crippen LogP contribution is 2.35. The molecule has 1 N–H and O–H groups in total. The van der Waals surface area contributed by atoms with Gasteiger partial charge in [-0.2, -0.15) is 0 Å². The van der Waals surface area contributed by atoms with Crippen molar-refractivity contribution in [2.45, 2.75) is 59.0 Å². The van der Waals surface area contributed by atoms with E-state index in [4.69, 9.17) is 0 Å². The van der Waals surface area contributed by atoms with Gasteiger partial charge in [-0.05, 0) is 49.1 Å². The van der Waals surface area contributed by atoms with Gasteiger partial charge in [0.15, 0.2) is 0 Å². The van der Waals surface area contributed by atoms with Crippen LogP contribution in [0.15, 0.2) is 28.7 Å². The topological polar surface area (TPSA) is 12.0 Å². The molecule has 0 spiro atoms. The summed E-state index contributed by atoms with van der Waals surface area (Å²) in [4.78, 5) is 0. The molecule has 1 aromatic rings. The van der Waals surface area contributed by atoms with E-state index in [1.54, 1.807) is 0 Å². The summed E-state index contributed by atoms with van der Waals surface area (Å²) in [6.07, 6.45) is 4.08. The Morgan fingerprint density at radius 2 is 1.85 bits per heavy atom. The zero-order valence-corrected chi connectivity index (χ0v) is 14.8. The average molecular weight is 338 g/mol. The van der Waals surface area contributed by atoms with Gasteiger partial charge < -0.3 is 5.32 Å². The van der Waals surface area contributed by atoms with Crippen LogP contribution in [0.4, 0.5) is 0 Å². The van der Waals surface area contributed by atoms with Crippen molar-refractivity contribution in [2.75, 3.05) is 0 Å². The normalized spacial score (nSPS) is 28.6. The maximum absolute atomic E-state index is 3.91. The van der Waals surface area contributed by atoms with Crippen LogP contribution in [-0.2, 0) is 0 Å². The lowest BCUT2D eigenvalue weighted by Crippen LogP contribution is -2.43. The largest absolute Gasteiger partial charge is 0.307 e. The quantitative estimate of drug-likeness (QED) is 0.758. The van der Waals surface area contributed by atoms with Crippen LogP contribution in [0.5, 0.6) is 0 Å². The Kier molecular flexibility index (Phi) is 5.68. The standard InChI is InChI=1S/C18H28BrN/c1-12(2)15-10-9-13(3)11-18(15)20-14(4)16-7-5-6-8-17(16)19/h5-8,12-15,18,20H,9-11H2,1-4H3. The summed E-state index contributed by atoms with van der Waals surface area (Å²) < 4.78 is 1.21. The lowest BCUT2D eigenvalue weighted by Gasteiger charge is -2.39. The first-order chi connectivity index (χ1) is 9.49. The lowest BCUT2D eigenvalue weighted by molar-refractivity contribution is 0.161. The van der Waals surface area contributed by atoms with Gasteiger partial charge in [-0.15, -0.1) is 0 Å². The van der Waals surface area contributed by atoms with E-state index in [1.807, 2.05) is 0 Å². The molecule has 0 saturated heterocycles. The van der Waals surface area contributed by atoms with Crippen molar-refractivity contribution < 1.29 is 0 Å². The molecule has 4 atom stereocenters. The van der Waals surface area contributed by atoms with Crippen LogP contribution in [-0.4, -0.2) is 6.04 Å². The van der Waals surface area contributed by atoms with Crippen molar-refractivity contribution in [3.8, 4) is 0 Å². The summed E-state index contributed by atoms with van der Waals surface area (Å²) in [6, 6.07) is 9.62. The van der Waals surface area contributed by atoms with E-state index in [2.05, 4.69) is 73.2 Å². The van der Waals surface area contributed by atoms with E-state index in [1.165, 1.54) is 29.3 Å². The van der Waals surface area contributed by atoms with Crippen LogP contribution in [0.2, 0.25) is 0 Å². The van der Waals surface area contributed by atoms with Gasteiger partial charge in [0.1, 0.15) is 0 Å². The van der Waals surface area contributed by atoms with E-state index in [0.29, 0.717) is 12.1 Å². The maximum atomic E-state index is 3.91. The Morgan fingerprint density at radius 1 is 1.15 bits per heavy atom. The number of benzene rings is 1. The highest BCUT2D eigenvalue weighted by molar-refractivity contribution is 9.10. The SMILES string of the molecule is CC1CCC(C(C)C)C(NC(C)c2ccccc2Br)C1. The minimum absolute atomic E-state index is 0.405. The Balaban J connectivity index is 2.08. The van der Waals surface area contributed by atoms with Gasteiger partial charge in [-0.1, -0.05) is 61.3 Å². The molecule has 1 aromatic carbocycles. The molecule has 0 heterocycles. The molecule has 0 bridgehead atoms. The first-order valence-electron chi connectivity index (χ1n) is 7.99. The molecule has 2 heteroatoms.